The van der Waals surface area contributed by atoms with Gasteiger partial charge in [0.15, 0.2) is 0 Å². The number of carbonyl (C=O) groups is 1. The van der Waals surface area contributed by atoms with E-state index in [1.54, 1.807) is 0 Å². The van der Waals surface area contributed by atoms with Gasteiger partial charge >= 0.3 is 0 Å². The monoisotopic (exact) mass is 341 g/mol. The predicted molar refractivity (Wildman–Crippen MR) is 99.9 cm³/mol. The average Bonchev–Trinajstić information content (AvgIpc) is 2.97. The highest BCUT2D eigenvalue weighted by Crippen LogP contribution is 2.19. The number of amides is 1. The van der Waals surface area contributed by atoms with E-state index >= 15 is 0 Å². The van der Waals surface area contributed by atoms with Crippen LogP contribution in [0.15, 0.2) is 18.2 Å². The number of hydrogen-bond donors (Lipinski definition) is 3. The second-order valence-electron chi connectivity index (χ2n) is 5.87. The minimum absolute atomic E-state index is 0.0554. The maximum atomic E-state index is 12.2. The molecule has 0 unspecified atom stereocenters. The number of nitrogens with one attached hydrogen (secondary N) is 3. The summed E-state index contributed by atoms with van der Waals surface area (Å²) >= 11 is 6.13. The van der Waals surface area contributed by atoms with Gasteiger partial charge < -0.3 is 15.3 Å². The van der Waals surface area contributed by atoms with Crippen LogP contribution in [-0.4, -0.2) is 22.4 Å². The molecule has 3 aromatic rings. The molecule has 24 heavy (non-hydrogen) atoms. The van der Waals surface area contributed by atoms with Crippen molar-refractivity contribution in [2.24, 2.45) is 0 Å². The maximum absolute atomic E-state index is 12.2. The Morgan fingerprint density at radius 3 is 2.79 bits per heavy atom. The topological polar surface area (TPSA) is 60.7 Å². The molecule has 0 radical (unpaired) electrons. The van der Waals surface area contributed by atoms with Crippen molar-refractivity contribution in [2.45, 2.75) is 20.8 Å². The van der Waals surface area contributed by atoms with Gasteiger partial charge in [-0.25, -0.2) is 0 Å². The van der Waals surface area contributed by atoms with Crippen LogP contribution in [0.3, 0.4) is 0 Å². The summed E-state index contributed by atoms with van der Waals surface area (Å²) in [7, 11) is 0. The van der Waals surface area contributed by atoms with Gasteiger partial charge in [0.1, 0.15) is 0 Å². The van der Waals surface area contributed by atoms with Crippen LogP contribution in [0.25, 0.3) is 23.6 Å². The summed E-state index contributed by atoms with van der Waals surface area (Å²) in [6.07, 6.45) is 2.02. The average molecular weight is 342 g/mol. The Balaban J connectivity index is 2.22. The lowest BCUT2D eigenvalue weighted by Crippen LogP contribution is -2.23. The zero-order valence-electron chi connectivity index (χ0n) is 14.0. The van der Waals surface area contributed by atoms with Gasteiger partial charge in [-0.3, -0.25) is 4.79 Å². The Hall–Kier alpha value is -2.46. The zero-order chi connectivity index (χ0) is 17.4. The van der Waals surface area contributed by atoms with Crippen molar-refractivity contribution >= 4 is 41.1 Å². The number of carbonyl (C=O) groups excluding carboxylic acids is 1. The molecule has 0 atom stereocenters. The zero-order valence-corrected chi connectivity index (χ0v) is 14.8. The lowest BCUT2D eigenvalue weighted by molar-refractivity contribution is 0.0955. The first-order valence-electron chi connectivity index (χ1n) is 7.87. The molecular formula is C19H20ClN3O. The number of aromatic amines is 2. The van der Waals surface area contributed by atoms with E-state index in [0.29, 0.717) is 17.1 Å². The number of halogens is 1. The first kappa shape index (κ1) is 16.4. The summed E-state index contributed by atoms with van der Waals surface area (Å²) in [5.74, 6) is -0.0554. The SMILES string of the molecule is C=c1[nH]c2ccc(Cl)cc2/c1=C/c1[nH]c(C)c(C(=O)NCC)c1C. The van der Waals surface area contributed by atoms with E-state index in [0.717, 1.165) is 38.4 Å². The fourth-order valence-electron chi connectivity index (χ4n) is 3.06. The van der Waals surface area contributed by atoms with Crippen molar-refractivity contribution in [3.05, 3.63) is 56.3 Å². The van der Waals surface area contributed by atoms with Crippen LogP contribution in [0.1, 0.15) is 34.2 Å². The van der Waals surface area contributed by atoms with Crippen molar-refractivity contribution in [2.75, 3.05) is 6.54 Å². The Morgan fingerprint density at radius 2 is 2.08 bits per heavy atom. The Labute approximate surface area is 145 Å². The third-order valence-corrected chi connectivity index (χ3v) is 4.45. The molecule has 0 saturated carbocycles. The molecule has 0 aliphatic heterocycles. The Bertz CT molecular complexity index is 1040. The standard InChI is InChI=1S/C19H20ClN3O/c1-5-21-19(24)18-10(2)17(23-12(18)4)9-14-11(3)22-16-7-6-13(20)8-15(14)16/h6-9,22-23H,3,5H2,1-2,4H3,(H,21,24)/b14-9+. The smallest absolute Gasteiger partial charge is 0.253 e. The molecule has 2 heterocycles. The summed E-state index contributed by atoms with van der Waals surface area (Å²) in [6.45, 7) is 10.5. The first-order chi connectivity index (χ1) is 11.4. The predicted octanol–water partition coefficient (Wildman–Crippen LogP) is 2.76. The minimum atomic E-state index is -0.0554. The number of rotatable bonds is 3. The van der Waals surface area contributed by atoms with E-state index in [9.17, 15) is 4.79 Å². The normalized spacial score (nSPS) is 12.1. The fraction of sp³-hybridized carbons (Fsp3) is 0.211. The van der Waals surface area contributed by atoms with Gasteiger partial charge in [0.25, 0.3) is 5.91 Å². The van der Waals surface area contributed by atoms with E-state index in [4.69, 9.17) is 11.6 Å². The van der Waals surface area contributed by atoms with Crippen LogP contribution in [0.4, 0.5) is 0 Å². The Kier molecular flexibility index (Phi) is 4.24. The molecule has 2 aromatic heterocycles. The van der Waals surface area contributed by atoms with E-state index in [1.165, 1.54) is 0 Å². The molecule has 0 aliphatic rings. The first-order valence-corrected chi connectivity index (χ1v) is 8.25. The van der Waals surface area contributed by atoms with Crippen LogP contribution in [0, 0.1) is 13.8 Å². The maximum Gasteiger partial charge on any atom is 0.253 e. The summed E-state index contributed by atoms with van der Waals surface area (Å²) in [5.41, 5.74) is 4.37. The van der Waals surface area contributed by atoms with Crippen molar-refractivity contribution < 1.29 is 4.79 Å². The highest BCUT2D eigenvalue weighted by molar-refractivity contribution is 6.31. The highest BCUT2D eigenvalue weighted by Gasteiger charge is 2.16. The number of fused-ring (bicyclic) bond motifs is 1. The van der Waals surface area contributed by atoms with Gasteiger partial charge in [0.2, 0.25) is 0 Å². The molecule has 5 heteroatoms. The lowest BCUT2D eigenvalue weighted by Gasteiger charge is -2.02. The summed E-state index contributed by atoms with van der Waals surface area (Å²) < 4.78 is 0. The summed E-state index contributed by atoms with van der Waals surface area (Å²) in [6, 6.07) is 5.71. The molecule has 4 nitrogen and oxygen atoms in total. The van der Waals surface area contributed by atoms with Crippen molar-refractivity contribution in [3.63, 3.8) is 0 Å². The summed E-state index contributed by atoms with van der Waals surface area (Å²) in [5, 5.41) is 6.34. The second-order valence-corrected chi connectivity index (χ2v) is 6.31. The largest absolute Gasteiger partial charge is 0.358 e. The third kappa shape index (κ3) is 2.74. The molecule has 0 fully saturated rings. The third-order valence-electron chi connectivity index (χ3n) is 4.21. The molecule has 0 spiro atoms. The van der Waals surface area contributed by atoms with E-state index < -0.39 is 0 Å². The number of H-pyrrole nitrogens is 2. The van der Waals surface area contributed by atoms with Gasteiger partial charge in [-0.1, -0.05) is 18.2 Å². The molecular weight excluding hydrogens is 322 g/mol. The van der Waals surface area contributed by atoms with Crippen molar-refractivity contribution in [1.29, 1.82) is 0 Å². The van der Waals surface area contributed by atoms with Gasteiger partial charge in [0.05, 0.1) is 5.56 Å². The van der Waals surface area contributed by atoms with E-state index in [1.807, 2.05) is 45.0 Å². The molecule has 1 amide bonds. The molecule has 1 aromatic carbocycles. The van der Waals surface area contributed by atoms with Gasteiger partial charge in [0, 0.05) is 44.4 Å². The quantitative estimate of drug-likeness (QED) is 0.674. The lowest BCUT2D eigenvalue weighted by atomic mass is 10.1. The molecule has 3 N–H and O–H groups in total. The van der Waals surface area contributed by atoms with E-state index in [-0.39, 0.29) is 5.91 Å². The van der Waals surface area contributed by atoms with Gasteiger partial charge in [-0.15, -0.1) is 0 Å². The van der Waals surface area contributed by atoms with E-state index in [2.05, 4.69) is 21.9 Å². The fourth-order valence-corrected chi connectivity index (χ4v) is 3.23. The van der Waals surface area contributed by atoms with Crippen molar-refractivity contribution in [3.8, 4) is 0 Å². The molecule has 3 rings (SSSR count). The second kappa shape index (κ2) is 6.21. The summed E-state index contributed by atoms with van der Waals surface area (Å²) in [4.78, 5) is 18.8. The van der Waals surface area contributed by atoms with Crippen LogP contribution >= 0.6 is 11.6 Å². The Morgan fingerprint density at radius 1 is 1.33 bits per heavy atom. The van der Waals surface area contributed by atoms with Gasteiger partial charge in [-0.05, 0) is 50.6 Å². The van der Waals surface area contributed by atoms with Crippen molar-refractivity contribution in [1.82, 2.24) is 15.3 Å². The number of aryl methyl sites for hydroxylation is 1. The molecule has 0 bridgehead atoms. The van der Waals surface area contributed by atoms with Crippen LogP contribution < -0.4 is 15.9 Å². The molecule has 0 aliphatic carbocycles. The molecule has 0 saturated heterocycles. The van der Waals surface area contributed by atoms with Crippen LogP contribution in [0.5, 0.6) is 0 Å². The number of hydrogen-bond acceptors (Lipinski definition) is 1. The highest BCUT2D eigenvalue weighted by atomic mass is 35.5. The minimum Gasteiger partial charge on any atom is -0.358 e. The van der Waals surface area contributed by atoms with Crippen LogP contribution in [-0.2, 0) is 0 Å². The molecule has 124 valence electrons. The number of benzene rings is 1. The number of aromatic nitrogens is 2. The van der Waals surface area contributed by atoms with Gasteiger partial charge in [-0.2, -0.15) is 0 Å². The van der Waals surface area contributed by atoms with Crippen LogP contribution in [0.2, 0.25) is 5.02 Å².